The number of anilines is 1. The number of aromatic nitrogens is 4. The summed E-state index contributed by atoms with van der Waals surface area (Å²) in [5.74, 6) is 3.60. The number of furan rings is 1. The first-order valence-corrected chi connectivity index (χ1v) is 10.1. The normalized spacial score (nSPS) is 21.1. The SMILES string of the molecule is c1cnc(N2CCC(n3ccnc3-c3ccc(C4CCCCO4)o3)CC2)cn1. The molecule has 28 heavy (non-hydrogen) atoms. The summed E-state index contributed by atoms with van der Waals surface area (Å²) in [6.07, 6.45) is 14.8. The van der Waals surface area contributed by atoms with E-state index in [9.17, 15) is 0 Å². The maximum atomic E-state index is 6.15. The molecule has 0 N–H and O–H groups in total. The molecule has 0 aliphatic carbocycles. The Balaban J connectivity index is 1.30. The molecule has 1 atom stereocenters. The predicted octanol–water partition coefficient (Wildman–Crippen LogP) is 4.02. The summed E-state index contributed by atoms with van der Waals surface area (Å²) in [5, 5.41) is 0. The van der Waals surface area contributed by atoms with E-state index in [0.29, 0.717) is 6.04 Å². The fourth-order valence-electron chi connectivity index (χ4n) is 4.24. The molecule has 0 radical (unpaired) electrons. The van der Waals surface area contributed by atoms with E-state index >= 15 is 0 Å². The Bertz CT molecular complexity index is 892. The quantitative estimate of drug-likeness (QED) is 0.682. The highest BCUT2D eigenvalue weighted by molar-refractivity contribution is 5.48. The molecular weight excluding hydrogens is 354 g/mol. The fourth-order valence-corrected chi connectivity index (χ4v) is 4.24. The van der Waals surface area contributed by atoms with Crippen LogP contribution < -0.4 is 4.90 Å². The zero-order valence-electron chi connectivity index (χ0n) is 15.9. The highest BCUT2D eigenvalue weighted by atomic mass is 16.5. The topological polar surface area (TPSA) is 69.2 Å². The maximum Gasteiger partial charge on any atom is 0.176 e. The van der Waals surface area contributed by atoms with Crippen LogP contribution in [-0.4, -0.2) is 39.2 Å². The molecule has 2 aliphatic heterocycles. The Kier molecular flexibility index (Phi) is 4.83. The monoisotopic (exact) mass is 379 g/mol. The lowest BCUT2D eigenvalue weighted by Gasteiger charge is -2.33. The summed E-state index contributed by atoms with van der Waals surface area (Å²) in [7, 11) is 0. The van der Waals surface area contributed by atoms with Gasteiger partial charge in [0.15, 0.2) is 11.6 Å². The Morgan fingerprint density at radius 2 is 1.89 bits per heavy atom. The van der Waals surface area contributed by atoms with Gasteiger partial charge in [0.1, 0.15) is 17.7 Å². The van der Waals surface area contributed by atoms with Crippen LogP contribution in [0.1, 0.15) is 50.0 Å². The Morgan fingerprint density at radius 3 is 2.68 bits per heavy atom. The maximum absolute atomic E-state index is 6.15. The molecule has 0 bridgehead atoms. The van der Waals surface area contributed by atoms with Gasteiger partial charge in [-0.25, -0.2) is 9.97 Å². The molecule has 0 aromatic carbocycles. The first-order chi connectivity index (χ1) is 13.9. The second-order valence-electron chi connectivity index (χ2n) is 7.50. The molecule has 3 aromatic heterocycles. The van der Waals surface area contributed by atoms with Crippen molar-refractivity contribution in [1.29, 1.82) is 0 Å². The smallest absolute Gasteiger partial charge is 0.176 e. The molecule has 7 nitrogen and oxygen atoms in total. The molecule has 0 saturated carbocycles. The van der Waals surface area contributed by atoms with Crippen molar-refractivity contribution in [3.63, 3.8) is 0 Å². The van der Waals surface area contributed by atoms with Gasteiger partial charge in [0.25, 0.3) is 0 Å². The zero-order valence-corrected chi connectivity index (χ0v) is 15.9. The summed E-state index contributed by atoms with van der Waals surface area (Å²) in [5.41, 5.74) is 0. The average molecular weight is 379 g/mol. The van der Waals surface area contributed by atoms with Crippen molar-refractivity contribution >= 4 is 5.82 Å². The van der Waals surface area contributed by atoms with Crippen LogP contribution in [0.4, 0.5) is 5.82 Å². The number of hydrogen-bond acceptors (Lipinski definition) is 6. The highest BCUT2D eigenvalue weighted by Crippen LogP contribution is 2.34. The molecule has 3 aromatic rings. The van der Waals surface area contributed by atoms with Crippen LogP contribution in [-0.2, 0) is 4.74 Å². The van der Waals surface area contributed by atoms with Crippen molar-refractivity contribution in [3.8, 4) is 11.6 Å². The number of rotatable bonds is 4. The van der Waals surface area contributed by atoms with Gasteiger partial charge >= 0.3 is 0 Å². The van der Waals surface area contributed by atoms with E-state index in [-0.39, 0.29) is 6.10 Å². The molecule has 2 aliphatic rings. The minimum Gasteiger partial charge on any atom is -0.455 e. The van der Waals surface area contributed by atoms with Crippen molar-refractivity contribution < 1.29 is 9.15 Å². The van der Waals surface area contributed by atoms with Gasteiger partial charge in [0.05, 0.1) is 6.20 Å². The van der Waals surface area contributed by atoms with E-state index in [4.69, 9.17) is 9.15 Å². The minimum absolute atomic E-state index is 0.0844. The van der Waals surface area contributed by atoms with Gasteiger partial charge < -0.3 is 18.6 Å². The first kappa shape index (κ1) is 17.4. The molecule has 2 fully saturated rings. The van der Waals surface area contributed by atoms with Gasteiger partial charge in [-0.3, -0.25) is 4.98 Å². The van der Waals surface area contributed by atoms with Crippen LogP contribution in [0.25, 0.3) is 11.6 Å². The van der Waals surface area contributed by atoms with Gasteiger partial charge in [-0.15, -0.1) is 0 Å². The van der Waals surface area contributed by atoms with E-state index in [1.54, 1.807) is 12.4 Å². The van der Waals surface area contributed by atoms with Crippen LogP contribution >= 0.6 is 0 Å². The fraction of sp³-hybridized carbons (Fsp3) is 0.476. The van der Waals surface area contributed by atoms with Crippen molar-refractivity contribution in [2.45, 2.75) is 44.2 Å². The lowest BCUT2D eigenvalue weighted by molar-refractivity contribution is 0.00218. The third-order valence-corrected chi connectivity index (χ3v) is 5.74. The van der Waals surface area contributed by atoms with Crippen LogP contribution in [0.2, 0.25) is 0 Å². The molecule has 5 rings (SSSR count). The predicted molar refractivity (Wildman–Crippen MR) is 105 cm³/mol. The number of imidazole rings is 1. The second kappa shape index (κ2) is 7.75. The van der Waals surface area contributed by atoms with E-state index in [1.807, 2.05) is 24.5 Å². The number of nitrogens with zero attached hydrogens (tertiary/aromatic N) is 5. The Hall–Kier alpha value is -2.67. The van der Waals surface area contributed by atoms with Crippen molar-refractivity contribution in [2.24, 2.45) is 0 Å². The molecule has 2 saturated heterocycles. The summed E-state index contributed by atoms with van der Waals surface area (Å²) in [6.45, 7) is 2.74. The van der Waals surface area contributed by atoms with E-state index in [1.165, 1.54) is 6.42 Å². The van der Waals surface area contributed by atoms with Gasteiger partial charge in [-0.1, -0.05) is 0 Å². The van der Waals surface area contributed by atoms with Gasteiger partial charge in [-0.2, -0.15) is 0 Å². The number of hydrogen-bond donors (Lipinski definition) is 0. The van der Waals surface area contributed by atoms with Gasteiger partial charge in [0.2, 0.25) is 0 Å². The lowest BCUT2D eigenvalue weighted by Crippen LogP contribution is -2.35. The minimum atomic E-state index is 0.0844. The van der Waals surface area contributed by atoms with Gasteiger partial charge in [0, 0.05) is 50.5 Å². The lowest BCUT2D eigenvalue weighted by atomic mass is 10.0. The second-order valence-corrected chi connectivity index (χ2v) is 7.50. The van der Waals surface area contributed by atoms with Crippen LogP contribution in [0.3, 0.4) is 0 Å². The molecule has 5 heterocycles. The standard InChI is InChI=1S/C21H25N5O2/c1-2-14-27-17(3-1)18-4-5-19(28-18)21-24-10-13-26(21)16-6-11-25(12-7-16)20-15-22-8-9-23-20/h4-5,8-10,13,15-17H,1-3,6-7,11-12,14H2. The van der Waals surface area contributed by atoms with Crippen molar-refractivity contribution in [2.75, 3.05) is 24.6 Å². The molecule has 146 valence electrons. The molecule has 1 unspecified atom stereocenters. The molecule has 0 amide bonds. The number of piperidine rings is 1. The highest BCUT2D eigenvalue weighted by Gasteiger charge is 2.25. The first-order valence-electron chi connectivity index (χ1n) is 10.1. The zero-order chi connectivity index (χ0) is 18.8. The summed E-state index contributed by atoms with van der Waals surface area (Å²) in [4.78, 5) is 15.5. The van der Waals surface area contributed by atoms with Crippen LogP contribution in [0, 0.1) is 0 Å². The molecule has 7 heteroatoms. The van der Waals surface area contributed by atoms with E-state index in [0.717, 1.165) is 68.5 Å². The third kappa shape index (κ3) is 3.42. The third-order valence-electron chi connectivity index (χ3n) is 5.74. The molecule has 0 spiro atoms. The van der Waals surface area contributed by atoms with E-state index < -0.39 is 0 Å². The summed E-state index contributed by atoms with van der Waals surface area (Å²) < 4.78 is 14.3. The van der Waals surface area contributed by atoms with Crippen molar-refractivity contribution in [3.05, 3.63) is 48.9 Å². The Morgan fingerprint density at radius 1 is 0.964 bits per heavy atom. The van der Waals surface area contributed by atoms with Crippen molar-refractivity contribution in [1.82, 2.24) is 19.5 Å². The largest absolute Gasteiger partial charge is 0.455 e. The average Bonchev–Trinajstić information content (AvgIpc) is 3.45. The van der Waals surface area contributed by atoms with Gasteiger partial charge in [-0.05, 0) is 44.2 Å². The van der Waals surface area contributed by atoms with Crippen LogP contribution in [0.5, 0.6) is 0 Å². The Labute approximate surface area is 164 Å². The number of ether oxygens (including phenoxy) is 1. The van der Waals surface area contributed by atoms with Crippen LogP contribution in [0.15, 0.2) is 47.5 Å². The molecular formula is C21H25N5O2. The summed E-state index contributed by atoms with van der Waals surface area (Å²) >= 11 is 0. The summed E-state index contributed by atoms with van der Waals surface area (Å²) in [6, 6.07) is 4.48. The van der Waals surface area contributed by atoms with E-state index in [2.05, 4.69) is 30.6 Å².